The van der Waals surface area contributed by atoms with Crippen LogP contribution in [0.2, 0.25) is 0 Å². The van der Waals surface area contributed by atoms with Gasteiger partial charge in [0.25, 0.3) is 0 Å². The molecule has 0 radical (unpaired) electrons. The van der Waals surface area contributed by atoms with Crippen molar-refractivity contribution in [2.45, 2.75) is 13.8 Å². The molecule has 0 fully saturated rings. The molecule has 1 aromatic carbocycles. The lowest BCUT2D eigenvalue weighted by Gasteiger charge is -2.08. The quantitative estimate of drug-likeness (QED) is 0.497. The monoisotopic (exact) mass is 255 g/mol. The van der Waals surface area contributed by atoms with Crippen LogP contribution in [-0.4, -0.2) is 16.7 Å². The van der Waals surface area contributed by atoms with Gasteiger partial charge in [0.15, 0.2) is 0 Å². The third kappa shape index (κ3) is 2.82. The molecule has 0 bridgehead atoms. The van der Waals surface area contributed by atoms with E-state index in [0.29, 0.717) is 0 Å². The third-order valence-corrected chi connectivity index (χ3v) is 2.85. The summed E-state index contributed by atoms with van der Waals surface area (Å²) in [6.07, 6.45) is 1.65. The lowest BCUT2D eigenvalue weighted by atomic mass is 10.2. The SMILES string of the molecule is Cc1cc(/C=N\N=C(N)N)c(C)n1-c1ccccc1. The Hall–Kier alpha value is -2.56. The van der Waals surface area contributed by atoms with Gasteiger partial charge in [-0.15, -0.1) is 5.10 Å². The maximum atomic E-state index is 5.23. The highest BCUT2D eigenvalue weighted by Gasteiger charge is 2.08. The highest BCUT2D eigenvalue weighted by atomic mass is 15.3. The number of aromatic nitrogens is 1. The first kappa shape index (κ1) is 12.9. The molecule has 1 heterocycles. The maximum absolute atomic E-state index is 5.23. The lowest BCUT2D eigenvalue weighted by Crippen LogP contribution is -2.21. The molecular formula is C14H17N5. The van der Waals surface area contributed by atoms with Crippen LogP contribution in [0.15, 0.2) is 46.6 Å². The van der Waals surface area contributed by atoms with Crippen LogP contribution in [-0.2, 0) is 0 Å². The van der Waals surface area contributed by atoms with Crippen molar-refractivity contribution in [2.75, 3.05) is 0 Å². The predicted octanol–water partition coefficient (Wildman–Crippen LogP) is 1.70. The summed E-state index contributed by atoms with van der Waals surface area (Å²) in [6.45, 7) is 4.09. The Morgan fingerprint density at radius 3 is 2.47 bits per heavy atom. The van der Waals surface area contributed by atoms with E-state index in [0.717, 1.165) is 22.6 Å². The molecule has 0 unspecified atom stereocenters. The van der Waals surface area contributed by atoms with Gasteiger partial charge in [0.1, 0.15) is 0 Å². The Morgan fingerprint density at radius 1 is 1.16 bits per heavy atom. The van der Waals surface area contributed by atoms with Crippen molar-refractivity contribution in [3.63, 3.8) is 0 Å². The molecule has 0 aliphatic heterocycles. The fourth-order valence-corrected chi connectivity index (χ4v) is 2.05. The molecule has 98 valence electrons. The van der Waals surface area contributed by atoms with Crippen LogP contribution in [0, 0.1) is 13.8 Å². The average molecular weight is 255 g/mol. The molecule has 0 spiro atoms. The molecule has 5 heteroatoms. The number of hydrogen-bond acceptors (Lipinski definition) is 2. The Balaban J connectivity index is 2.41. The zero-order valence-electron chi connectivity index (χ0n) is 11.0. The number of aryl methyl sites for hydroxylation is 1. The fraction of sp³-hybridized carbons (Fsp3) is 0.143. The fourth-order valence-electron chi connectivity index (χ4n) is 2.05. The molecule has 0 aliphatic carbocycles. The molecule has 5 nitrogen and oxygen atoms in total. The third-order valence-electron chi connectivity index (χ3n) is 2.85. The van der Waals surface area contributed by atoms with E-state index in [1.54, 1.807) is 6.21 Å². The van der Waals surface area contributed by atoms with Crippen LogP contribution in [0.25, 0.3) is 5.69 Å². The van der Waals surface area contributed by atoms with E-state index in [2.05, 4.69) is 33.8 Å². The largest absolute Gasteiger partial charge is 0.369 e. The summed E-state index contributed by atoms with van der Waals surface area (Å²) in [4.78, 5) is 0. The lowest BCUT2D eigenvalue weighted by molar-refractivity contribution is 0.965. The molecule has 0 saturated carbocycles. The minimum Gasteiger partial charge on any atom is -0.369 e. The molecule has 1 aromatic heterocycles. The second-order valence-electron chi connectivity index (χ2n) is 4.27. The van der Waals surface area contributed by atoms with Crippen molar-refractivity contribution in [1.82, 2.24) is 4.57 Å². The number of hydrogen-bond donors (Lipinski definition) is 2. The smallest absolute Gasteiger partial charge is 0.211 e. The van der Waals surface area contributed by atoms with Crippen LogP contribution in [0.1, 0.15) is 17.0 Å². The number of rotatable bonds is 3. The number of para-hydroxylation sites is 1. The summed E-state index contributed by atoms with van der Waals surface area (Å²) in [5.74, 6) is -0.0480. The van der Waals surface area contributed by atoms with Gasteiger partial charge in [-0.25, -0.2) is 0 Å². The van der Waals surface area contributed by atoms with Crippen molar-refractivity contribution in [1.29, 1.82) is 0 Å². The number of guanidine groups is 1. The van der Waals surface area contributed by atoms with E-state index in [-0.39, 0.29) is 5.96 Å². The van der Waals surface area contributed by atoms with Gasteiger partial charge in [-0.05, 0) is 32.0 Å². The Labute approximate surface area is 112 Å². The van der Waals surface area contributed by atoms with E-state index in [1.807, 2.05) is 31.2 Å². The minimum atomic E-state index is -0.0480. The van der Waals surface area contributed by atoms with Gasteiger partial charge in [-0.3, -0.25) is 0 Å². The normalized spacial score (nSPS) is 10.8. The summed E-state index contributed by atoms with van der Waals surface area (Å²) in [5.41, 5.74) is 14.8. The second-order valence-corrected chi connectivity index (χ2v) is 4.27. The standard InChI is InChI=1S/C14H17N5/c1-10-8-12(9-17-18-14(15)16)11(2)19(10)13-6-4-3-5-7-13/h3-9H,1-2H3,(H4,15,16,18)/b17-9-. The van der Waals surface area contributed by atoms with E-state index in [1.165, 1.54) is 0 Å². The van der Waals surface area contributed by atoms with Crippen LogP contribution >= 0.6 is 0 Å². The zero-order valence-corrected chi connectivity index (χ0v) is 11.0. The first-order valence-electron chi connectivity index (χ1n) is 5.96. The molecular weight excluding hydrogens is 238 g/mol. The van der Waals surface area contributed by atoms with Crippen molar-refractivity contribution in [3.05, 3.63) is 53.3 Å². The van der Waals surface area contributed by atoms with Crippen molar-refractivity contribution in [2.24, 2.45) is 21.7 Å². The molecule has 2 aromatic rings. The van der Waals surface area contributed by atoms with Crippen LogP contribution in [0.3, 0.4) is 0 Å². The zero-order chi connectivity index (χ0) is 13.8. The number of nitrogens with zero attached hydrogens (tertiary/aromatic N) is 3. The Bertz CT molecular complexity index is 619. The molecule has 19 heavy (non-hydrogen) atoms. The number of nitrogens with two attached hydrogens (primary N) is 2. The first-order valence-corrected chi connectivity index (χ1v) is 5.96. The predicted molar refractivity (Wildman–Crippen MR) is 78.6 cm³/mol. The highest BCUT2D eigenvalue weighted by molar-refractivity contribution is 5.83. The highest BCUT2D eigenvalue weighted by Crippen LogP contribution is 2.19. The molecule has 2 rings (SSSR count). The van der Waals surface area contributed by atoms with Gasteiger partial charge < -0.3 is 16.0 Å². The van der Waals surface area contributed by atoms with E-state index in [4.69, 9.17) is 11.5 Å². The summed E-state index contributed by atoms with van der Waals surface area (Å²) in [6, 6.07) is 12.2. The molecule has 0 amide bonds. The Morgan fingerprint density at radius 2 is 1.84 bits per heavy atom. The Kier molecular flexibility index (Phi) is 3.66. The maximum Gasteiger partial charge on any atom is 0.211 e. The summed E-state index contributed by atoms with van der Waals surface area (Å²) >= 11 is 0. The minimum absolute atomic E-state index is 0.0480. The van der Waals surface area contributed by atoms with Gasteiger partial charge in [0.05, 0.1) is 6.21 Å². The van der Waals surface area contributed by atoms with Gasteiger partial charge in [-0.2, -0.15) is 5.10 Å². The second kappa shape index (κ2) is 5.39. The van der Waals surface area contributed by atoms with Crippen molar-refractivity contribution >= 4 is 12.2 Å². The topological polar surface area (TPSA) is 81.7 Å². The van der Waals surface area contributed by atoms with Crippen LogP contribution in [0.5, 0.6) is 0 Å². The van der Waals surface area contributed by atoms with Gasteiger partial charge in [0, 0.05) is 22.6 Å². The van der Waals surface area contributed by atoms with Crippen molar-refractivity contribution < 1.29 is 0 Å². The van der Waals surface area contributed by atoms with E-state index in [9.17, 15) is 0 Å². The number of benzene rings is 1. The summed E-state index contributed by atoms with van der Waals surface area (Å²) < 4.78 is 2.16. The van der Waals surface area contributed by atoms with Crippen LogP contribution in [0.4, 0.5) is 0 Å². The molecule has 0 aliphatic rings. The summed E-state index contributed by atoms with van der Waals surface area (Å²) in [5, 5.41) is 7.45. The van der Waals surface area contributed by atoms with Crippen molar-refractivity contribution in [3.8, 4) is 5.69 Å². The van der Waals surface area contributed by atoms with Gasteiger partial charge >= 0.3 is 0 Å². The average Bonchev–Trinajstić information content (AvgIpc) is 2.65. The van der Waals surface area contributed by atoms with Gasteiger partial charge in [-0.1, -0.05) is 18.2 Å². The molecule has 0 saturated heterocycles. The van der Waals surface area contributed by atoms with Gasteiger partial charge in [0.2, 0.25) is 5.96 Å². The van der Waals surface area contributed by atoms with Crippen LogP contribution < -0.4 is 11.5 Å². The molecule has 4 N–H and O–H groups in total. The summed E-state index contributed by atoms with van der Waals surface area (Å²) in [7, 11) is 0. The van der Waals surface area contributed by atoms with E-state index < -0.39 is 0 Å². The molecule has 0 atom stereocenters. The first-order chi connectivity index (χ1) is 9.09. The van der Waals surface area contributed by atoms with E-state index >= 15 is 0 Å².